The summed E-state index contributed by atoms with van der Waals surface area (Å²) in [5.41, 5.74) is -7.05. The first-order valence-electron chi connectivity index (χ1n) is 14.9. The van der Waals surface area contributed by atoms with E-state index in [0.717, 1.165) is 31.1 Å². The summed E-state index contributed by atoms with van der Waals surface area (Å²) < 4.78 is 44.7. The minimum Gasteiger partial charge on any atom is -0.447 e. The highest BCUT2D eigenvalue weighted by Crippen LogP contribution is 2.71. The van der Waals surface area contributed by atoms with Gasteiger partial charge in [0.2, 0.25) is 5.60 Å². The Hall–Kier alpha value is -1.90. The number of nitrogens with zero attached hydrogens (tertiary/aromatic N) is 1. The minimum absolute atomic E-state index is 0.0168. The molecule has 0 amide bonds. The van der Waals surface area contributed by atoms with Gasteiger partial charge in [0.1, 0.15) is 12.2 Å². The minimum atomic E-state index is -2.32. The van der Waals surface area contributed by atoms with Gasteiger partial charge < -0.3 is 14.6 Å². The standard InChI is InChI=1S/C31H39F2NO6S2/c1-18-14-21-22-16-24(32)23-15-19(35)8-10-28(23,2)30(22,33)25(36)17-29(21,3)31(18,27(38)39-12-11-34)40-26(37)7-5-4-6-20-9-13-41-42-20/h8,10,15,18,20-22,24-25,36H,4-7,9,12-14,16-17H2,1-3H3/t18-,20-,21+,22+,24+,25+,28+,29+,30+,31+/m1/s1. The van der Waals surface area contributed by atoms with Gasteiger partial charge in [0, 0.05) is 40.1 Å². The predicted octanol–water partition coefficient (Wildman–Crippen LogP) is 5.61. The Morgan fingerprint density at radius 1 is 1.24 bits per heavy atom. The van der Waals surface area contributed by atoms with Crippen molar-refractivity contribution in [1.82, 2.24) is 0 Å². The number of alkyl halides is 2. The van der Waals surface area contributed by atoms with Crippen LogP contribution >= 0.6 is 21.6 Å². The molecule has 5 aliphatic rings. The van der Waals surface area contributed by atoms with Crippen molar-refractivity contribution >= 4 is 39.3 Å². The Labute approximate surface area is 253 Å². The molecule has 0 spiro atoms. The topological polar surface area (TPSA) is 114 Å². The van der Waals surface area contributed by atoms with Gasteiger partial charge in [-0.05, 0) is 69.1 Å². The number of carbonyl (C=O) groups is 3. The van der Waals surface area contributed by atoms with Crippen LogP contribution in [0.4, 0.5) is 8.78 Å². The molecule has 10 atom stereocenters. The molecule has 1 aliphatic heterocycles. The van der Waals surface area contributed by atoms with Crippen LogP contribution in [0.25, 0.3) is 0 Å². The molecule has 0 radical (unpaired) electrons. The molecule has 11 heteroatoms. The van der Waals surface area contributed by atoms with Crippen molar-refractivity contribution in [3.8, 4) is 6.07 Å². The van der Waals surface area contributed by atoms with Crippen molar-refractivity contribution in [3.05, 3.63) is 23.8 Å². The monoisotopic (exact) mass is 623 g/mol. The highest BCUT2D eigenvalue weighted by Gasteiger charge is 2.78. The van der Waals surface area contributed by atoms with Crippen molar-refractivity contribution in [3.63, 3.8) is 0 Å². The SMILES string of the molecule is C[C@@H]1C[C@H]2[C@@H]3C[C@H](F)C4=CC(=O)C=C[C@]4(C)[C@@]3(F)[C@@H](O)C[C@]2(C)[C@@]1(OC(=O)CCCC[C@@H]1CCSS1)C(=O)OCC#N. The van der Waals surface area contributed by atoms with Crippen LogP contribution in [0, 0.1) is 39.9 Å². The summed E-state index contributed by atoms with van der Waals surface area (Å²) in [6, 6.07) is 1.78. The number of ether oxygens (including phenoxy) is 2. The number of halogens is 2. The number of allylic oxidation sites excluding steroid dienone is 4. The van der Waals surface area contributed by atoms with Crippen LogP contribution in [-0.2, 0) is 23.9 Å². The number of aliphatic hydroxyl groups excluding tert-OH is 1. The number of hydrogen-bond acceptors (Lipinski definition) is 9. The van der Waals surface area contributed by atoms with E-state index in [2.05, 4.69) is 0 Å². The molecule has 4 fully saturated rings. The normalized spacial score (nSPS) is 43.9. The van der Waals surface area contributed by atoms with Gasteiger partial charge in [-0.3, -0.25) is 9.59 Å². The highest BCUT2D eigenvalue weighted by atomic mass is 33.1. The van der Waals surface area contributed by atoms with Gasteiger partial charge in [0.25, 0.3) is 0 Å². The third-order valence-corrected chi connectivity index (χ3v) is 13.9. The molecule has 0 aromatic carbocycles. The zero-order valence-corrected chi connectivity index (χ0v) is 25.9. The van der Waals surface area contributed by atoms with Crippen molar-refractivity contribution < 1.29 is 37.7 Å². The van der Waals surface area contributed by atoms with Crippen LogP contribution in [0.15, 0.2) is 23.8 Å². The second-order valence-corrected chi connectivity index (χ2v) is 15.8. The molecule has 5 rings (SSSR count). The molecule has 1 N–H and O–H groups in total. The number of carbonyl (C=O) groups excluding carboxylic acids is 3. The summed E-state index contributed by atoms with van der Waals surface area (Å²) in [5, 5.41) is 21.3. The molecule has 0 aromatic rings. The van der Waals surface area contributed by atoms with Crippen LogP contribution in [0.3, 0.4) is 0 Å². The Morgan fingerprint density at radius 3 is 2.69 bits per heavy atom. The van der Waals surface area contributed by atoms with E-state index in [-0.39, 0.29) is 31.3 Å². The molecule has 3 saturated carbocycles. The molecule has 1 heterocycles. The molecule has 1 saturated heterocycles. The van der Waals surface area contributed by atoms with Gasteiger partial charge >= 0.3 is 11.9 Å². The molecule has 42 heavy (non-hydrogen) atoms. The van der Waals surface area contributed by atoms with E-state index in [1.165, 1.54) is 19.1 Å². The summed E-state index contributed by atoms with van der Waals surface area (Å²) in [5.74, 6) is -3.10. The van der Waals surface area contributed by atoms with Crippen molar-refractivity contribution in [2.45, 2.75) is 101 Å². The first-order valence-corrected chi connectivity index (χ1v) is 17.2. The fourth-order valence-corrected chi connectivity index (χ4v) is 11.9. The maximum atomic E-state index is 17.5. The predicted molar refractivity (Wildman–Crippen MR) is 155 cm³/mol. The Kier molecular flexibility index (Phi) is 8.67. The van der Waals surface area contributed by atoms with E-state index in [0.29, 0.717) is 11.7 Å². The summed E-state index contributed by atoms with van der Waals surface area (Å²) in [6.45, 7) is 4.38. The lowest BCUT2D eigenvalue weighted by Gasteiger charge is -2.63. The first-order chi connectivity index (χ1) is 19.8. The largest absolute Gasteiger partial charge is 0.447 e. The zero-order chi connectivity index (χ0) is 30.5. The smallest absolute Gasteiger partial charge is 0.352 e. The van der Waals surface area contributed by atoms with Gasteiger partial charge in [-0.25, -0.2) is 13.6 Å². The average Bonchev–Trinajstić information content (AvgIpc) is 3.54. The quantitative estimate of drug-likeness (QED) is 0.209. The number of ketones is 1. The van der Waals surface area contributed by atoms with Gasteiger partial charge in [0.05, 0.1) is 6.10 Å². The molecule has 0 aromatic heterocycles. The third kappa shape index (κ3) is 4.66. The lowest BCUT2D eigenvalue weighted by molar-refractivity contribution is -0.238. The molecule has 230 valence electrons. The van der Waals surface area contributed by atoms with Crippen LogP contribution < -0.4 is 0 Å². The number of unbranched alkanes of at least 4 members (excludes halogenated alkanes) is 1. The summed E-state index contributed by atoms with van der Waals surface area (Å²) in [4.78, 5) is 39.3. The molecular weight excluding hydrogens is 584 g/mol. The molecule has 7 nitrogen and oxygen atoms in total. The second-order valence-electron chi connectivity index (χ2n) is 13.0. The molecule has 4 aliphatic carbocycles. The van der Waals surface area contributed by atoms with Crippen molar-refractivity contribution in [2.75, 3.05) is 12.4 Å². The maximum Gasteiger partial charge on any atom is 0.352 e. The lowest BCUT2D eigenvalue weighted by atomic mass is 9.44. The summed E-state index contributed by atoms with van der Waals surface area (Å²) >= 11 is 0. The molecule has 0 unspecified atom stereocenters. The van der Waals surface area contributed by atoms with E-state index in [1.54, 1.807) is 19.9 Å². The highest BCUT2D eigenvalue weighted by molar-refractivity contribution is 8.77. The van der Waals surface area contributed by atoms with Crippen LogP contribution in [0.2, 0.25) is 0 Å². The van der Waals surface area contributed by atoms with Crippen LogP contribution in [-0.4, -0.2) is 64.0 Å². The van der Waals surface area contributed by atoms with Crippen LogP contribution in [0.1, 0.15) is 72.1 Å². The Morgan fingerprint density at radius 2 is 2.00 bits per heavy atom. The number of aliphatic hydroxyl groups is 1. The lowest BCUT2D eigenvalue weighted by Crippen LogP contribution is -2.71. The van der Waals surface area contributed by atoms with Crippen LogP contribution in [0.5, 0.6) is 0 Å². The maximum absolute atomic E-state index is 17.5. The van der Waals surface area contributed by atoms with Gasteiger partial charge in [-0.2, -0.15) is 5.26 Å². The van der Waals surface area contributed by atoms with E-state index in [9.17, 15) is 19.5 Å². The van der Waals surface area contributed by atoms with E-state index in [4.69, 9.17) is 14.7 Å². The fraction of sp³-hybridized carbons (Fsp3) is 0.742. The first kappa shape index (κ1) is 31.5. The number of hydrogen-bond donors (Lipinski definition) is 1. The zero-order valence-electron chi connectivity index (χ0n) is 24.3. The number of esters is 2. The number of nitriles is 1. The Bertz CT molecular complexity index is 1230. The number of fused-ring (bicyclic) bond motifs is 5. The van der Waals surface area contributed by atoms with Crippen molar-refractivity contribution in [1.29, 1.82) is 5.26 Å². The van der Waals surface area contributed by atoms with E-state index in [1.807, 2.05) is 21.6 Å². The van der Waals surface area contributed by atoms with E-state index >= 15 is 8.78 Å². The van der Waals surface area contributed by atoms with Crippen molar-refractivity contribution in [2.24, 2.45) is 28.6 Å². The summed E-state index contributed by atoms with van der Waals surface area (Å²) in [6.07, 6.45) is 3.78. The number of rotatable bonds is 8. The Balaban J connectivity index is 1.46. The molecular formula is C31H39F2NO6S2. The third-order valence-electron chi connectivity index (χ3n) is 10.9. The second kappa shape index (κ2) is 11.6. The van der Waals surface area contributed by atoms with E-state index < -0.39 is 76.5 Å². The fourth-order valence-electron chi connectivity index (χ4n) is 8.86. The summed E-state index contributed by atoms with van der Waals surface area (Å²) in [7, 11) is 3.73. The van der Waals surface area contributed by atoms with Gasteiger partial charge in [-0.15, -0.1) is 0 Å². The average molecular weight is 624 g/mol. The van der Waals surface area contributed by atoms with Gasteiger partial charge in [-0.1, -0.05) is 47.9 Å². The van der Waals surface area contributed by atoms with Gasteiger partial charge in [0.15, 0.2) is 18.1 Å². The molecule has 0 bridgehead atoms.